The Balaban J connectivity index is 3.15. The number of carbonyl (C=O) groups is 1. The average Bonchev–Trinajstić information content (AvgIpc) is 2.21. The summed E-state index contributed by atoms with van der Waals surface area (Å²) in [6, 6.07) is 5.93. The predicted molar refractivity (Wildman–Crippen MR) is 60.0 cm³/mol. The standard InChI is InChI=1S/C12H17NO2/c1-3-9-5-4-8(2)10(6-9)11(7-13)12(14)15/h4-6,11H,3,7,13H2,1-2H3,(H,14,15). The summed E-state index contributed by atoms with van der Waals surface area (Å²) in [5, 5.41) is 9.03. The number of hydrogen-bond donors (Lipinski definition) is 2. The summed E-state index contributed by atoms with van der Waals surface area (Å²) < 4.78 is 0. The molecule has 1 unspecified atom stereocenters. The van der Waals surface area contributed by atoms with Crippen LogP contribution >= 0.6 is 0 Å². The highest BCUT2D eigenvalue weighted by molar-refractivity contribution is 5.77. The van der Waals surface area contributed by atoms with Gasteiger partial charge < -0.3 is 10.8 Å². The van der Waals surface area contributed by atoms with Crippen LogP contribution in [0.4, 0.5) is 0 Å². The average molecular weight is 207 g/mol. The van der Waals surface area contributed by atoms with E-state index in [4.69, 9.17) is 10.8 Å². The zero-order valence-electron chi connectivity index (χ0n) is 9.16. The Morgan fingerprint density at radius 2 is 2.20 bits per heavy atom. The van der Waals surface area contributed by atoms with Gasteiger partial charge in [-0.2, -0.15) is 0 Å². The third-order valence-electron chi connectivity index (χ3n) is 2.66. The van der Waals surface area contributed by atoms with Gasteiger partial charge in [0.1, 0.15) is 0 Å². The molecule has 0 radical (unpaired) electrons. The van der Waals surface area contributed by atoms with Gasteiger partial charge in [-0.25, -0.2) is 0 Å². The van der Waals surface area contributed by atoms with Gasteiger partial charge in [0.2, 0.25) is 0 Å². The first-order valence-corrected chi connectivity index (χ1v) is 5.12. The lowest BCUT2D eigenvalue weighted by atomic mass is 9.92. The first-order chi connectivity index (χ1) is 7.10. The Kier molecular flexibility index (Phi) is 3.86. The zero-order valence-corrected chi connectivity index (χ0v) is 9.16. The summed E-state index contributed by atoms with van der Waals surface area (Å²) in [5.74, 6) is -1.44. The van der Waals surface area contributed by atoms with E-state index in [0.29, 0.717) is 0 Å². The molecule has 0 fully saturated rings. The van der Waals surface area contributed by atoms with E-state index in [1.54, 1.807) is 0 Å². The number of aliphatic carboxylic acids is 1. The van der Waals surface area contributed by atoms with Crippen LogP contribution in [0.1, 0.15) is 29.5 Å². The van der Waals surface area contributed by atoms with Crippen LogP contribution < -0.4 is 5.73 Å². The van der Waals surface area contributed by atoms with E-state index in [9.17, 15) is 4.79 Å². The van der Waals surface area contributed by atoms with E-state index in [1.807, 2.05) is 32.0 Å². The number of aryl methyl sites for hydroxylation is 2. The molecule has 0 bridgehead atoms. The number of benzene rings is 1. The number of rotatable bonds is 4. The van der Waals surface area contributed by atoms with Crippen LogP contribution in [0.15, 0.2) is 18.2 Å². The molecule has 0 aliphatic carbocycles. The van der Waals surface area contributed by atoms with Crippen LogP contribution in [0, 0.1) is 6.92 Å². The summed E-state index contributed by atoms with van der Waals surface area (Å²) in [6.45, 7) is 4.11. The maximum absolute atomic E-state index is 11.0. The topological polar surface area (TPSA) is 63.3 Å². The Bertz CT molecular complexity index is 361. The molecule has 3 N–H and O–H groups in total. The molecule has 1 aromatic carbocycles. The Morgan fingerprint density at radius 3 is 2.67 bits per heavy atom. The highest BCUT2D eigenvalue weighted by Gasteiger charge is 2.19. The van der Waals surface area contributed by atoms with Crippen LogP contribution in [0.25, 0.3) is 0 Å². The Hall–Kier alpha value is -1.35. The molecule has 82 valence electrons. The fourth-order valence-electron chi connectivity index (χ4n) is 1.65. The van der Waals surface area contributed by atoms with Crippen molar-refractivity contribution in [2.75, 3.05) is 6.54 Å². The monoisotopic (exact) mass is 207 g/mol. The summed E-state index contributed by atoms with van der Waals surface area (Å²) in [5.41, 5.74) is 8.46. The van der Waals surface area contributed by atoms with Crippen molar-refractivity contribution in [1.29, 1.82) is 0 Å². The maximum atomic E-state index is 11.0. The number of nitrogens with two attached hydrogens (primary N) is 1. The molecule has 15 heavy (non-hydrogen) atoms. The molecule has 0 aliphatic heterocycles. The molecule has 0 saturated heterocycles. The molecule has 0 heterocycles. The first kappa shape index (κ1) is 11.7. The third-order valence-corrected chi connectivity index (χ3v) is 2.66. The van der Waals surface area contributed by atoms with Gasteiger partial charge in [-0.15, -0.1) is 0 Å². The van der Waals surface area contributed by atoms with Crippen LogP contribution in [0.5, 0.6) is 0 Å². The predicted octanol–water partition coefficient (Wildman–Crippen LogP) is 1.68. The van der Waals surface area contributed by atoms with Gasteiger partial charge in [0.15, 0.2) is 0 Å². The van der Waals surface area contributed by atoms with E-state index < -0.39 is 11.9 Å². The molecular weight excluding hydrogens is 190 g/mol. The maximum Gasteiger partial charge on any atom is 0.312 e. The van der Waals surface area contributed by atoms with E-state index in [0.717, 1.165) is 23.1 Å². The summed E-state index contributed by atoms with van der Waals surface area (Å²) >= 11 is 0. The van der Waals surface area contributed by atoms with Gasteiger partial charge in [0.25, 0.3) is 0 Å². The van der Waals surface area contributed by atoms with Gasteiger partial charge >= 0.3 is 5.97 Å². The normalized spacial score (nSPS) is 12.5. The van der Waals surface area contributed by atoms with Gasteiger partial charge in [0.05, 0.1) is 5.92 Å². The van der Waals surface area contributed by atoms with Crippen LogP contribution in [0.3, 0.4) is 0 Å². The minimum absolute atomic E-state index is 0.142. The lowest BCUT2D eigenvalue weighted by Crippen LogP contribution is -2.22. The summed E-state index contributed by atoms with van der Waals surface area (Å²) in [7, 11) is 0. The smallest absolute Gasteiger partial charge is 0.312 e. The quantitative estimate of drug-likeness (QED) is 0.789. The minimum Gasteiger partial charge on any atom is -0.481 e. The molecule has 3 nitrogen and oxygen atoms in total. The largest absolute Gasteiger partial charge is 0.481 e. The number of carboxylic acids is 1. The van der Waals surface area contributed by atoms with Gasteiger partial charge in [-0.3, -0.25) is 4.79 Å². The first-order valence-electron chi connectivity index (χ1n) is 5.12. The second-order valence-corrected chi connectivity index (χ2v) is 3.67. The fourth-order valence-corrected chi connectivity index (χ4v) is 1.65. The van der Waals surface area contributed by atoms with E-state index in [1.165, 1.54) is 0 Å². The van der Waals surface area contributed by atoms with Crippen LogP contribution in [-0.4, -0.2) is 17.6 Å². The molecule has 3 heteroatoms. The molecule has 1 rings (SSSR count). The summed E-state index contributed by atoms with van der Waals surface area (Å²) in [6.07, 6.45) is 0.907. The third kappa shape index (κ3) is 2.57. The van der Waals surface area contributed by atoms with Crippen molar-refractivity contribution < 1.29 is 9.90 Å². The SMILES string of the molecule is CCc1ccc(C)c(C(CN)C(=O)O)c1. The highest BCUT2D eigenvalue weighted by Crippen LogP contribution is 2.21. The highest BCUT2D eigenvalue weighted by atomic mass is 16.4. The van der Waals surface area contributed by atoms with E-state index >= 15 is 0 Å². The van der Waals surface area contributed by atoms with Gasteiger partial charge in [-0.05, 0) is 30.0 Å². The molecule has 1 aromatic rings. The minimum atomic E-state index is -0.853. The Morgan fingerprint density at radius 1 is 1.53 bits per heavy atom. The second-order valence-electron chi connectivity index (χ2n) is 3.67. The van der Waals surface area contributed by atoms with Crippen LogP contribution in [0.2, 0.25) is 0 Å². The zero-order chi connectivity index (χ0) is 11.4. The van der Waals surface area contributed by atoms with E-state index in [-0.39, 0.29) is 6.54 Å². The molecule has 0 saturated carbocycles. The Labute approximate surface area is 89.9 Å². The second kappa shape index (κ2) is 4.94. The van der Waals surface area contributed by atoms with Crippen LogP contribution in [-0.2, 0) is 11.2 Å². The van der Waals surface area contributed by atoms with Gasteiger partial charge in [-0.1, -0.05) is 25.1 Å². The van der Waals surface area contributed by atoms with Crippen molar-refractivity contribution in [3.05, 3.63) is 34.9 Å². The van der Waals surface area contributed by atoms with E-state index in [2.05, 4.69) is 0 Å². The van der Waals surface area contributed by atoms with Crippen molar-refractivity contribution in [2.24, 2.45) is 5.73 Å². The number of carboxylic acid groups (broad SMARTS) is 1. The molecular formula is C12H17NO2. The molecule has 1 atom stereocenters. The summed E-state index contributed by atoms with van der Waals surface area (Å²) in [4.78, 5) is 11.0. The molecule has 0 amide bonds. The van der Waals surface area contributed by atoms with Crippen molar-refractivity contribution in [3.8, 4) is 0 Å². The molecule has 0 aromatic heterocycles. The van der Waals surface area contributed by atoms with Crippen molar-refractivity contribution in [2.45, 2.75) is 26.2 Å². The lowest BCUT2D eigenvalue weighted by Gasteiger charge is -2.14. The fraction of sp³-hybridized carbons (Fsp3) is 0.417. The lowest BCUT2D eigenvalue weighted by molar-refractivity contribution is -0.138. The number of hydrogen-bond acceptors (Lipinski definition) is 2. The molecule has 0 spiro atoms. The molecule has 0 aliphatic rings. The van der Waals surface area contributed by atoms with Gasteiger partial charge in [0, 0.05) is 6.54 Å². The van der Waals surface area contributed by atoms with Crippen molar-refractivity contribution >= 4 is 5.97 Å². The van der Waals surface area contributed by atoms with Crippen molar-refractivity contribution in [3.63, 3.8) is 0 Å². The van der Waals surface area contributed by atoms with Crippen molar-refractivity contribution in [1.82, 2.24) is 0 Å².